The van der Waals surface area contributed by atoms with Gasteiger partial charge in [-0.05, 0) is 30.0 Å². The second-order valence-corrected chi connectivity index (χ2v) is 8.34. The lowest BCUT2D eigenvalue weighted by Gasteiger charge is -2.20. The Morgan fingerprint density at radius 1 is 1.16 bits per heavy atom. The van der Waals surface area contributed by atoms with Gasteiger partial charge in [0.25, 0.3) is 5.91 Å². The number of hydrogen-bond donors (Lipinski definition) is 2. The lowest BCUT2D eigenvalue weighted by Crippen LogP contribution is -2.37. The third-order valence-corrected chi connectivity index (χ3v) is 6.00. The molecule has 1 aliphatic carbocycles. The minimum Gasteiger partial charge on any atom is -0.480 e. The fourth-order valence-corrected chi connectivity index (χ4v) is 4.44. The van der Waals surface area contributed by atoms with Gasteiger partial charge in [-0.15, -0.1) is 0 Å². The van der Waals surface area contributed by atoms with E-state index in [1.807, 2.05) is 18.2 Å². The third kappa shape index (κ3) is 4.43. The number of aliphatic carboxylic acids is 1. The van der Waals surface area contributed by atoms with Crippen molar-refractivity contribution in [2.75, 3.05) is 11.4 Å². The van der Waals surface area contributed by atoms with Gasteiger partial charge in [0.2, 0.25) is 0 Å². The zero-order valence-electron chi connectivity index (χ0n) is 16.4. The van der Waals surface area contributed by atoms with Gasteiger partial charge in [-0.2, -0.15) is 0 Å². The Hall–Kier alpha value is -2.90. The third-order valence-electron chi connectivity index (χ3n) is 5.43. The second-order valence-electron chi connectivity index (χ2n) is 7.52. The normalized spacial score (nSPS) is 16.1. The summed E-state index contributed by atoms with van der Waals surface area (Å²) in [5.74, 6) is -1.28. The van der Waals surface area contributed by atoms with Gasteiger partial charge < -0.3 is 15.3 Å². The van der Waals surface area contributed by atoms with Gasteiger partial charge in [0.15, 0.2) is 5.78 Å². The summed E-state index contributed by atoms with van der Waals surface area (Å²) in [6, 6.07) is 4.70. The van der Waals surface area contributed by atoms with E-state index in [2.05, 4.69) is 10.3 Å². The Balaban J connectivity index is 1.53. The van der Waals surface area contributed by atoms with Gasteiger partial charge >= 0.3 is 5.97 Å². The Morgan fingerprint density at radius 3 is 2.55 bits per heavy atom. The zero-order chi connectivity index (χ0) is 22.1. The topological polar surface area (TPSA) is 99.6 Å². The van der Waals surface area contributed by atoms with Crippen LogP contribution in [0.25, 0.3) is 0 Å². The number of benzene rings is 1. The van der Waals surface area contributed by atoms with Crippen molar-refractivity contribution in [1.82, 2.24) is 10.3 Å². The number of ketones is 1. The second kappa shape index (κ2) is 8.69. The first-order valence-corrected chi connectivity index (χ1v) is 10.5. The number of rotatable bonds is 6. The smallest absolute Gasteiger partial charge is 0.326 e. The molecule has 1 aliphatic heterocycles. The Kier molecular flexibility index (Phi) is 5.98. The summed E-state index contributed by atoms with van der Waals surface area (Å²) >= 11 is 12.3. The largest absolute Gasteiger partial charge is 0.480 e. The van der Waals surface area contributed by atoms with Gasteiger partial charge in [0, 0.05) is 49.2 Å². The molecule has 2 N–H and O–H groups in total. The molecular formula is C22H19Cl2N3O4. The molecule has 160 valence electrons. The van der Waals surface area contributed by atoms with E-state index >= 15 is 0 Å². The van der Waals surface area contributed by atoms with Crippen molar-refractivity contribution in [3.63, 3.8) is 0 Å². The number of halogens is 2. The van der Waals surface area contributed by atoms with Crippen molar-refractivity contribution in [3.05, 3.63) is 69.1 Å². The molecular weight excluding hydrogens is 441 g/mol. The van der Waals surface area contributed by atoms with Crippen molar-refractivity contribution >= 4 is 46.5 Å². The Morgan fingerprint density at radius 2 is 1.90 bits per heavy atom. The SMILES string of the molecule is O=C1C=C(NC(Cc2ccc3c(c2)CCN3C(=O)c2c(Cl)cncc2Cl)C(=O)O)CC1. The van der Waals surface area contributed by atoms with Crippen LogP contribution in [0.3, 0.4) is 0 Å². The summed E-state index contributed by atoms with van der Waals surface area (Å²) in [6.07, 6.45) is 6.06. The van der Waals surface area contributed by atoms with Gasteiger partial charge in [-0.3, -0.25) is 14.6 Å². The van der Waals surface area contributed by atoms with Crippen molar-refractivity contribution in [1.29, 1.82) is 0 Å². The molecule has 1 amide bonds. The molecule has 0 saturated heterocycles. The first kappa shape index (κ1) is 21.3. The zero-order valence-corrected chi connectivity index (χ0v) is 17.9. The summed E-state index contributed by atoms with van der Waals surface area (Å²) in [6.45, 7) is 0.474. The Bertz CT molecular complexity index is 1100. The molecule has 0 fully saturated rings. The van der Waals surface area contributed by atoms with Crippen LogP contribution in [-0.4, -0.2) is 40.3 Å². The quantitative estimate of drug-likeness (QED) is 0.686. The minimum atomic E-state index is -0.987. The number of nitrogens with zero attached hydrogens (tertiary/aromatic N) is 2. The van der Waals surface area contributed by atoms with E-state index in [0.717, 1.165) is 16.8 Å². The summed E-state index contributed by atoms with van der Waals surface area (Å²) in [5.41, 5.74) is 3.40. The lowest BCUT2D eigenvalue weighted by atomic mass is 10.0. The molecule has 0 radical (unpaired) electrons. The van der Waals surface area contributed by atoms with Crippen LogP contribution in [-0.2, 0) is 22.4 Å². The van der Waals surface area contributed by atoms with E-state index in [1.54, 1.807) is 4.90 Å². The number of hydrogen-bond acceptors (Lipinski definition) is 5. The number of allylic oxidation sites excluding steroid dienone is 2. The van der Waals surface area contributed by atoms with Gasteiger partial charge in [0.05, 0.1) is 15.6 Å². The van der Waals surface area contributed by atoms with Crippen LogP contribution in [0, 0.1) is 0 Å². The average Bonchev–Trinajstić information content (AvgIpc) is 3.32. The van der Waals surface area contributed by atoms with E-state index in [-0.39, 0.29) is 33.7 Å². The van der Waals surface area contributed by atoms with E-state index in [4.69, 9.17) is 23.2 Å². The molecule has 1 unspecified atom stereocenters. The highest BCUT2D eigenvalue weighted by Crippen LogP contribution is 2.33. The average molecular weight is 460 g/mol. The van der Waals surface area contributed by atoms with Crippen LogP contribution >= 0.6 is 23.2 Å². The van der Waals surface area contributed by atoms with Crippen LogP contribution in [0.2, 0.25) is 10.0 Å². The lowest BCUT2D eigenvalue weighted by molar-refractivity contribution is -0.139. The number of aromatic nitrogens is 1. The molecule has 1 aromatic carbocycles. The number of carbonyl (C=O) groups is 3. The first-order chi connectivity index (χ1) is 14.8. The highest BCUT2D eigenvalue weighted by atomic mass is 35.5. The van der Waals surface area contributed by atoms with E-state index in [0.29, 0.717) is 31.5 Å². The molecule has 4 rings (SSSR count). The maximum atomic E-state index is 13.0. The molecule has 0 bridgehead atoms. The molecule has 0 spiro atoms. The molecule has 1 atom stereocenters. The molecule has 2 heterocycles. The highest BCUT2D eigenvalue weighted by Gasteiger charge is 2.29. The molecule has 2 aromatic rings. The summed E-state index contributed by atoms with van der Waals surface area (Å²) < 4.78 is 0. The monoisotopic (exact) mass is 459 g/mol. The van der Waals surface area contributed by atoms with Gasteiger partial charge in [0.1, 0.15) is 6.04 Å². The van der Waals surface area contributed by atoms with Gasteiger partial charge in [-0.25, -0.2) is 4.79 Å². The number of nitrogens with one attached hydrogen (secondary N) is 1. The molecule has 31 heavy (non-hydrogen) atoms. The van der Waals surface area contributed by atoms with Crippen LogP contribution in [0.5, 0.6) is 0 Å². The fourth-order valence-electron chi connectivity index (χ4n) is 3.91. The van der Waals surface area contributed by atoms with Crippen molar-refractivity contribution < 1.29 is 19.5 Å². The molecule has 7 nitrogen and oxygen atoms in total. The summed E-state index contributed by atoms with van der Waals surface area (Å²) in [7, 11) is 0. The Labute approximate surface area is 188 Å². The fraction of sp³-hybridized carbons (Fsp3) is 0.273. The molecule has 2 aliphatic rings. The molecule has 1 aromatic heterocycles. The van der Waals surface area contributed by atoms with Crippen LogP contribution in [0.1, 0.15) is 34.3 Å². The maximum absolute atomic E-state index is 13.0. The highest BCUT2D eigenvalue weighted by molar-refractivity contribution is 6.40. The predicted molar refractivity (Wildman–Crippen MR) is 117 cm³/mol. The number of carboxylic acids is 1. The van der Waals surface area contributed by atoms with E-state index < -0.39 is 12.0 Å². The van der Waals surface area contributed by atoms with E-state index in [9.17, 15) is 19.5 Å². The summed E-state index contributed by atoms with van der Waals surface area (Å²) in [4.78, 5) is 41.6. The maximum Gasteiger partial charge on any atom is 0.326 e. The number of amides is 1. The van der Waals surface area contributed by atoms with Crippen molar-refractivity contribution in [2.45, 2.75) is 31.7 Å². The number of carboxylic acid groups (broad SMARTS) is 1. The summed E-state index contributed by atoms with van der Waals surface area (Å²) in [5, 5.41) is 12.9. The van der Waals surface area contributed by atoms with E-state index in [1.165, 1.54) is 18.5 Å². The van der Waals surface area contributed by atoms with Crippen LogP contribution in [0.15, 0.2) is 42.4 Å². The van der Waals surface area contributed by atoms with Crippen molar-refractivity contribution in [2.24, 2.45) is 0 Å². The molecule has 9 heteroatoms. The van der Waals surface area contributed by atoms with Gasteiger partial charge in [-0.1, -0.05) is 35.3 Å². The van der Waals surface area contributed by atoms with Crippen LogP contribution in [0.4, 0.5) is 5.69 Å². The standard InChI is InChI=1S/C22H19Cl2N3O4/c23-16-10-25-11-17(24)20(16)21(29)27-6-5-13-7-12(1-4-19(13)27)8-18(22(30)31)26-14-2-3-15(28)9-14/h1,4,7,9-11,18,26H,2-3,5-6,8H2,(H,30,31). The number of pyridine rings is 1. The number of anilines is 1. The van der Waals surface area contributed by atoms with Crippen molar-refractivity contribution in [3.8, 4) is 0 Å². The minimum absolute atomic E-state index is 0.00309. The number of fused-ring (bicyclic) bond motifs is 1. The van der Waals surface area contributed by atoms with Crippen LogP contribution < -0.4 is 10.2 Å². The number of carbonyl (C=O) groups excluding carboxylic acids is 2. The molecule has 0 saturated carbocycles. The first-order valence-electron chi connectivity index (χ1n) is 9.79. The predicted octanol–water partition coefficient (Wildman–Crippen LogP) is 3.42.